The summed E-state index contributed by atoms with van der Waals surface area (Å²) >= 11 is 1.56. The first-order chi connectivity index (χ1) is 11.7. The van der Waals surface area contributed by atoms with Crippen LogP contribution >= 0.6 is 11.3 Å². The van der Waals surface area contributed by atoms with Gasteiger partial charge in [0, 0.05) is 37.1 Å². The van der Waals surface area contributed by atoms with E-state index in [4.69, 9.17) is 9.47 Å². The number of hydrogen-bond acceptors (Lipinski definition) is 7. The summed E-state index contributed by atoms with van der Waals surface area (Å²) in [5, 5.41) is 3.91. The fourth-order valence-electron chi connectivity index (χ4n) is 2.76. The Morgan fingerprint density at radius 2 is 1.96 bits per heavy atom. The second-order valence-corrected chi connectivity index (χ2v) is 6.61. The monoisotopic (exact) mass is 346 g/mol. The molecule has 8 heteroatoms. The van der Waals surface area contributed by atoms with Crippen LogP contribution in [0.4, 0.5) is 0 Å². The highest BCUT2D eigenvalue weighted by Crippen LogP contribution is 2.34. The number of carbonyl (C=O) groups excluding carboxylic acids is 1. The van der Waals surface area contributed by atoms with E-state index in [1.54, 1.807) is 11.3 Å². The van der Waals surface area contributed by atoms with Crippen LogP contribution in [0.1, 0.15) is 10.5 Å². The molecule has 126 valence electrons. The summed E-state index contributed by atoms with van der Waals surface area (Å²) in [7, 11) is 2.06. The summed E-state index contributed by atoms with van der Waals surface area (Å²) in [5.41, 5.74) is 1.18. The van der Waals surface area contributed by atoms with Crippen LogP contribution in [-0.4, -0.2) is 72.1 Å². The Labute approximate surface area is 143 Å². The number of hydrogen-bond donors (Lipinski definition) is 0. The van der Waals surface area contributed by atoms with Crippen molar-refractivity contribution in [3.05, 3.63) is 22.5 Å². The van der Waals surface area contributed by atoms with Gasteiger partial charge in [0.15, 0.2) is 11.5 Å². The molecule has 0 unspecified atom stereocenters. The number of ether oxygens (including phenoxy) is 2. The van der Waals surface area contributed by atoms with E-state index in [0.717, 1.165) is 18.7 Å². The normalized spacial score (nSPS) is 17.8. The minimum absolute atomic E-state index is 0.122. The summed E-state index contributed by atoms with van der Waals surface area (Å²) in [6.45, 7) is 3.90. The molecule has 1 amide bonds. The van der Waals surface area contributed by atoms with Gasteiger partial charge in [0.25, 0.3) is 11.8 Å². The summed E-state index contributed by atoms with van der Waals surface area (Å²) in [4.78, 5) is 25.9. The maximum atomic E-state index is 13.0. The van der Waals surface area contributed by atoms with E-state index in [2.05, 4.69) is 21.9 Å². The second-order valence-electron chi connectivity index (χ2n) is 5.83. The van der Waals surface area contributed by atoms with Crippen LogP contribution in [0, 0.1) is 0 Å². The molecule has 0 aliphatic carbocycles. The first kappa shape index (κ1) is 15.3. The first-order valence-electron chi connectivity index (χ1n) is 7.90. The van der Waals surface area contributed by atoms with E-state index >= 15 is 0 Å². The van der Waals surface area contributed by atoms with Crippen molar-refractivity contribution in [3.8, 4) is 23.0 Å². The quantitative estimate of drug-likeness (QED) is 0.818. The van der Waals surface area contributed by atoms with E-state index < -0.39 is 0 Å². The minimum Gasteiger partial charge on any atom is -0.483 e. The molecule has 0 spiro atoms. The highest BCUT2D eigenvalue weighted by Gasteiger charge is 2.30. The van der Waals surface area contributed by atoms with Gasteiger partial charge in [0.05, 0.1) is 0 Å². The highest BCUT2D eigenvalue weighted by molar-refractivity contribution is 7.08. The van der Waals surface area contributed by atoms with Gasteiger partial charge in [-0.15, -0.1) is 0 Å². The molecule has 4 rings (SSSR count). The van der Waals surface area contributed by atoms with Crippen molar-refractivity contribution in [2.75, 3.05) is 46.4 Å². The van der Waals surface area contributed by atoms with Gasteiger partial charge >= 0.3 is 0 Å². The Kier molecular flexibility index (Phi) is 4.07. The number of piperazine rings is 1. The summed E-state index contributed by atoms with van der Waals surface area (Å²) < 4.78 is 11.3. The Balaban J connectivity index is 1.73. The van der Waals surface area contributed by atoms with Gasteiger partial charge in [0.2, 0.25) is 5.75 Å². The molecule has 2 aromatic rings. The van der Waals surface area contributed by atoms with Crippen LogP contribution in [0.3, 0.4) is 0 Å². The number of nitrogens with zero attached hydrogens (tertiary/aromatic N) is 4. The number of carbonyl (C=O) groups is 1. The van der Waals surface area contributed by atoms with Gasteiger partial charge in [-0.05, 0) is 18.5 Å². The van der Waals surface area contributed by atoms with Crippen molar-refractivity contribution in [2.45, 2.75) is 0 Å². The smallest absolute Gasteiger partial charge is 0.276 e. The van der Waals surface area contributed by atoms with Gasteiger partial charge in [0.1, 0.15) is 13.2 Å². The SMILES string of the molecule is CN1CCN(C(=O)c2nc(-c3ccsc3)nc3c2OCCO3)CC1. The van der Waals surface area contributed by atoms with Gasteiger partial charge < -0.3 is 19.3 Å². The highest BCUT2D eigenvalue weighted by atomic mass is 32.1. The molecule has 0 radical (unpaired) electrons. The molecule has 0 N–H and O–H groups in total. The maximum absolute atomic E-state index is 13.0. The molecule has 0 bridgehead atoms. The molecule has 7 nitrogen and oxygen atoms in total. The van der Waals surface area contributed by atoms with Crippen molar-refractivity contribution in [3.63, 3.8) is 0 Å². The van der Waals surface area contributed by atoms with Crippen molar-refractivity contribution in [1.29, 1.82) is 0 Å². The molecule has 2 aliphatic rings. The van der Waals surface area contributed by atoms with E-state index in [1.807, 2.05) is 21.7 Å². The molecule has 0 aromatic carbocycles. The van der Waals surface area contributed by atoms with Gasteiger partial charge in [-0.25, -0.2) is 4.98 Å². The molecule has 2 aromatic heterocycles. The third kappa shape index (κ3) is 2.83. The van der Waals surface area contributed by atoms with Crippen LogP contribution in [0.2, 0.25) is 0 Å². The van der Waals surface area contributed by atoms with E-state index in [1.165, 1.54) is 0 Å². The number of fused-ring (bicyclic) bond motifs is 1. The third-order valence-electron chi connectivity index (χ3n) is 4.18. The summed E-state index contributed by atoms with van der Waals surface area (Å²) in [6, 6.07) is 1.93. The molecule has 1 saturated heterocycles. The van der Waals surface area contributed by atoms with Gasteiger partial charge in [-0.3, -0.25) is 4.79 Å². The Bertz CT molecular complexity index is 742. The number of rotatable bonds is 2. The van der Waals surface area contributed by atoms with Crippen molar-refractivity contribution >= 4 is 17.2 Å². The molecule has 24 heavy (non-hydrogen) atoms. The number of aromatic nitrogens is 2. The third-order valence-corrected chi connectivity index (χ3v) is 4.86. The second kappa shape index (κ2) is 6.37. The lowest BCUT2D eigenvalue weighted by atomic mass is 10.2. The first-order valence-corrected chi connectivity index (χ1v) is 8.84. The molecular weight excluding hydrogens is 328 g/mol. The summed E-state index contributed by atoms with van der Waals surface area (Å²) in [6.07, 6.45) is 0. The fourth-order valence-corrected chi connectivity index (χ4v) is 3.40. The average Bonchev–Trinajstić information content (AvgIpc) is 3.15. The molecule has 1 fully saturated rings. The van der Waals surface area contributed by atoms with Crippen molar-refractivity contribution < 1.29 is 14.3 Å². The minimum atomic E-state index is -0.122. The molecular formula is C16H18N4O3S. The zero-order chi connectivity index (χ0) is 16.5. The van der Waals surface area contributed by atoms with Crippen molar-refractivity contribution in [2.24, 2.45) is 0 Å². The van der Waals surface area contributed by atoms with E-state index in [0.29, 0.717) is 49.5 Å². The average molecular weight is 346 g/mol. The van der Waals surface area contributed by atoms with Crippen LogP contribution in [0.25, 0.3) is 11.4 Å². The predicted octanol–water partition coefficient (Wildman–Crippen LogP) is 1.36. The van der Waals surface area contributed by atoms with E-state index in [-0.39, 0.29) is 5.91 Å². The standard InChI is InChI=1S/C16H18N4O3S/c1-19-3-5-20(6-4-19)16(21)12-13-15(23-8-7-22-13)18-14(17-12)11-2-9-24-10-11/h2,9-10H,3-8H2,1H3. The lowest BCUT2D eigenvalue weighted by Crippen LogP contribution is -2.47. The largest absolute Gasteiger partial charge is 0.483 e. The number of amides is 1. The molecule has 2 aliphatic heterocycles. The zero-order valence-electron chi connectivity index (χ0n) is 13.4. The Hall–Kier alpha value is -2.19. The molecule has 0 atom stereocenters. The topological polar surface area (TPSA) is 67.8 Å². The van der Waals surface area contributed by atoms with E-state index in [9.17, 15) is 4.79 Å². The van der Waals surface area contributed by atoms with Crippen molar-refractivity contribution in [1.82, 2.24) is 19.8 Å². The van der Waals surface area contributed by atoms with Gasteiger partial charge in [-0.1, -0.05) is 0 Å². The Morgan fingerprint density at radius 1 is 1.17 bits per heavy atom. The lowest BCUT2D eigenvalue weighted by Gasteiger charge is -2.32. The van der Waals surface area contributed by atoms with Crippen LogP contribution in [-0.2, 0) is 0 Å². The summed E-state index contributed by atoms with van der Waals surface area (Å²) in [5.74, 6) is 1.10. The molecule has 4 heterocycles. The number of likely N-dealkylation sites (N-methyl/N-ethyl adjacent to an activating group) is 1. The van der Waals surface area contributed by atoms with Crippen LogP contribution in [0.5, 0.6) is 11.6 Å². The predicted molar refractivity (Wildman–Crippen MR) is 89.7 cm³/mol. The lowest BCUT2D eigenvalue weighted by molar-refractivity contribution is 0.0646. The number of thiophene rings is 1. The zero-order valence-corrected chi connectivity index (χ0v) is 14.2. The maximum Gasteiger partial charge on any atom is 0.276 e. The van der Waals surface area contributed by atoms with Crippen LogP contribution in [0.15, 0.2) is 16.8 Å². The fraction of sp³-hybridized carbons (Fsp3) is 0.438. The molecule has 0 saturated carbocycles. The van der Waals surface area contributed by atoms with Crippen LogP contribution < -0.4 is 9.47 Å². The van der Waals surface area contributed by atoms with Gasteiger partial charge in [-0.2, -0.15) is 16.3 Å². The Morgan fingerprint density at radius 3 is 2.71 bits per heavy atom.